The van der Waals surface area contributed by atoms with Crippen LogP contribution in [0.3, 0.4) is 0 Å². The molecule has 0 saturated heterocycles. The topological polar surface area (TPSA) is 34.4 Å². The van der Waals surface area contributed by atoms with Crippen LogP contribution in [0.5, 0.6) is 0 Å². The minimum Gasteiger partial charge on any atom is -0.229 e. The van der Waals surface area contributed by atoms with Crippen molar-refractivity contribution in [2.24, 2.45) is 5.10 Å². The van der Waals surface area contributed by atoms with Gasteiger partial charge in [-0.05, 0) is 12.1 Å². The zero-order valence-electron chi connectivity index (χ0n) is 6.27. The highest BCUT2D eigenvalue weighted by Gasteiger charge is 1.96. The Labute approximate surface area is 68.9 Å². The molecule has 0 amide bonds. The molecule has 2 rings (SSSR count). The Bertz CT molecular complexity index is 452. The Balaban J connectivity index is 2.78. The number of isocyanates is 1. The van der Waals surface area contributed by atoms with Crippen LogP contribution in [0.15, 0.2) is 41.6 Å². The highest BCUT2D eigenvalue weighted by Crippen LogP contribution is 2.13. The Morgan fingerprint density at radius 1 is 1.25 bits per heavy atom. The standard InChI is InChI=1S/C9H6N2O/c12-7-10-11-6-5-8-3-1-2-4-9(8)11/h1-6H. The number of nitrogens with zero attached hydrogens (tertiary/aromatic N) is 2. The van der Waals surface area contributed by atoms with Crippen molar-refractivity contribution < 1.29 is 4.79 Å². The summed E-state index contributed by atoms with van der Waals surface area (Å²) < 4.78 is 1.50. The van der Waals surface area contributed by atoms with Crippen LogP contribution in [0.1, 0.15) is 0 Å². The highest BCUT2D eigenvalue weighted by atomic mass is 16.1. The molecule has 0 spiro atoms. The van der Waals surface area contributed by atoms with Gasteiger partial charge in [-0.25, -0.2) is 9.47 Å². The number of benzene rings is 1. The van der Waals surface area contributed by atoms with E-state index in [0.29, 0.717) is 0 Å². The van der Waals surface area contributed by atoms with Crippen LogP contribution < -0.4 is 0 Å². The second kappa shape index (κ2) is 2.64. The van der Waals surface area contributed by atoms with Gasteiger partial charge < -0.3 is 0 Å². The molecule has 0 N–H and O–H groups in total. The second-order valence-corrected chi connectivity index (χ2v) is 2.41. The molecule has 0 fully saturated rings. The fourth-order valence-corrected chi connectivity index (χ4v) is 1.20. The van der Waals surface area contributed by atoms with Crippen molar-refractivity contribution in [1.29, 1.82) is 0 Å². The molecule has 1 aromatic heterocycles. The molecule has 0 bridgehead atoms. The van der Waals surface area contributed by atoms with Gasteiger partial charge in [0.05, 0.1) is 5.52 Å². The number of hydrogen-bond acceptors (Lipinski definition) is 2. The maximum Gasteiger partial charge on any atom is 0.258 e. The number of rotatable bonds is 1. The Morgan fingerprint density at radius 2 is 2.08 bits per heavy atom. The van der Waals surface area contributed by atoms with E-state index in [2.05, 4.69) is 5.10 Å². The summed E-state index contributed by atoms with van der Waals surface area (Å²) in [7, 11) is 0. The molecule has 0 aliphatic carbocycles. The van der Waals surface area contributed by atoms with Crippen molar-refractivity contribution in [3.63, 3.8) is 0 Å². The van der Waals surface area contributed by atoms with Gasteiger partial charge in [0.1, 0.15) is 0 Å². The summed E-state index contributed by atoms with van der Waals surface area (Å²) in [6.45, 7) is 0. The molecule has 0 saturated carbocycles. The summed E-state index contributed by atoms with van der Waals surface area (Å²) in [6, 6.07) is 9.61. The van der Waals surface area contributed by atoms with Crippen molar-refractivity contribution in [2.45, 2.75) is 0 Å². The third kappa shape index (κ3) is 0.929. The van der Waals surface area contributed by atoms with E-state index in [1.165, 1.54) is 10.8 Å². The summed E-state index contributed by atoms with van der Waals surface area (Å²) in [6.07, 6.45) is 3.23. The molecular formula is C9H6N2O. The predicted octanol–water partition coefficient (Wildman–Crippen LogP) is 1.74. The molecule has 3 heteroatoms. The SMILES string of the molecule is O=C=Nn1ccc2ccccc21. The van der Waals surface area contributed by atoms with Crippen LogP contribution in [0.25, 0.3) is 10.9 Å². The number of fused-ring (bicyclic) bond motifs is 1. The van der Waals surface area contributed by atoms with Gasteiger partial charge in [-0.15, -0.1) is 0 Å². The van der Waals surface area contributed by atoms with E-state index < -0.39 is 0 Å². The van der Waals surface area contributed by atoms with E-state index in [0.717, 1.165) is 10.9 Å². The normalized spacial score (nSPS) is 9.67. The highest BCUT2D eigenvalue weighted by molar-refractivity contribution is 5.80. The lowest BCUT2D eigenvalue weighted by Gasteiger charge is -1.91. The molecule has 0 radical (unpaired) electrons. The summed E-state index contributed by atoms with van der Waals surface area (Å²) in [5, 5.41) is 4.57. The van der Waals surface area contributed by atoms with Crippen LogP contribution >= 0.6 is 0 Å². The second-order valence-electron chi connectivity index (χ2n) is 2.41. The number of para-hydroxylation sites is 1. The molecule has 0 aliphatic rings. The maximum atomic E-state index is 10.0. The number of carbonyl (C=O) groups excluding carboxylic acids is 1. The first-order valence-electron chi connectivity index (χ1n) is 3.56. The first-order valence-corrected chi connectivity index (χ1v) is 3.56. The number of aromatic nitrogens is 1. The summed E-state index contributed by atoms with van der Waals surface area (Å²) in [5.41, 5.74) is 0.917. The molecule has 0 aliphatic heterocycles. The molecule has 0 atom stereocenters. The lowest BCUT2D eigenvalue weighted by Crippen LogP contribution is -1.82. The summed E-state index contributed by atoms with van der Waals surface area (Å²) >= 11 is 0. The average Bonchev–Trinajstić information content (AvgIpc) is 2.50. The van der Waals surface area contributed by atoms with Gasteiger partial charge in [0.15, 0.2) is 0 Å². The van der Waals surface area contributed by atoms with Crippen LogP contribution in [0, 0.1) is 0 Å². The molecule has 58 valence electrons. The van der Waals surface area contributed by atoms with E-state index in [4.69, 9.17) is 0 Å². The van der Waals surface area contributed by atoms with Gasteiger partial charge >= 0.3 is 0 Å². The molecule has 2 aromatic rings. The molecule has 0 unspecified atom stereocenters. The maximum absolute atomic E-state index is 10.0. The van der Waals surface area contributed by atoms with Gasteiger partial charge in [-0.3, -0.25) is 0 Å². The lowest BCUT2D eigenvalue weighted by molar-refractivity contribution is 0.560. The fourth-order valence-electron chi connectivity index (χ4n) is 1.20. The third-order valence-corrected chi connectivity index (χ3v) is 1.73. The Hall–Kier alpha value is -1.86. The molecule has 1 heterocycles. The molecule has 3 nitrogen and oxygen atoms in total. The van der Waals surface area contributed by atoms with Crippen LogP contribution in [-0.4, -0.2) is 10.8 Å². The molecule has 1 aromatic carbocycles. The molecular weight excluding hydrogens is 152 g/mol. The van der Waals surface area contributed by atoms with Gasteiger partial charge in [0.25, 0.3) is 6.08 Å². The van der Waals surface area contributed by atoms with E-state index >= 15 is 0 Å². The van der Waals surface area contributed by atoms with Crippen LogP contribution in [0.2, 0.25) is 0 Å². The first kappa shape index (κ1) is 6.83. The average molecular weight is 158 g/mol. The first-order chi connectivity index (χ1) is 5.92. The predicted molar refractivity (Wildman–Crippen MR) is 45.5 cm³/mol. The van der Waals surface area contributed by atoms with Gasteiger partial charge in [0.2, 0.25) is 0 Å². The van der Waals surface area contributed by atoms with Crippen molar-refractivity contribution in [3.05, 3.63) is 36.5 Å². The van der Waals surface area contributed by atoms with Crippen LogP contribution in [-0.2, 0) is 4.79 Å². The van der Waals surface area contributed by atoms with Crippen molar-refractivity contribution >= 4 is 17.0 Å². The largest absolute Gasteiger partial charge is 0.258 e. The third-order valence-electron chi connectivity index (χ3n) is 1.73. The quantitative estimate of drug-likeness (QED) is 0.459. The minimum absolute atomic E-state index is 0.917. The monoisotopic (exact) mass is 158 g/mol. The smallest absolute Gasteiger partial charge is 0.229 e. The zero-order valence-corrected chi connectivity index (χ0v) is 6.27. The Morgan fingerprint density at radius 3 is 2.92 bits per heavy atom. The van der Waals surface area contributed by atoms with E-state index in [-0.39, 0.29) is 0 Å². The summed E-state index contributed by atoms with van der Waals surface area (Å²) in [4.78, 5) is 10.0. The van der Waals surface area contributed by atoms with E-state index in [1.54, 1.807) is 6.20 Å². The minimum atomic E-state index is 0.917. The Kier molecular flexibility index (Phi) is 1.50. The number of hydrogen-bond donors (Lipinski definition) is 0. The van der Waals surface area contributed by atoms with E-state index in [1.807, 2.05) is 30.3 Å². The van der Waals surface area contributed by atoms with Gasteiger partial charge in [-0.1, -0.05) is 23.3 Å². The van der Waals surface area contributed by atoms with Crippen LogP contribution in [0.4, 0.5) is 0 Å². The van der Waals surface area contributed by atoms with Crippen molar-refractivity contribution in [3.8, 4) is 0 Å². The lowest BCUT2D eigenvalue weighted by atomic mass is 10.3. The molecule has 12 heavy (non-hydrogen) atoms. The summed E-state index contributed by atoms with van der Waals surface area (Å²) in [5.74, 6) is 0. The van der Waals surface area contributed by atoms with Gasteiger partial charge in [-0.2, -0.15) is 0 Å². The zero-order chi connectivity index (χ0) is 8.39. The van der Waals surface area contributed by atoms with E-state index in [9.17, 15) is 4.79 Å². The van der Waals surface area contributed by atoms with Gasteiger partial charge in [0, 0.05) is 11.6 Å². The fraction of sp³-hybridized carbons (Fsp3) is 0. The van der Waals surface area contributed by atoms with Crippen molar-refractivity contribution in [2.75, 3.05) is 0 Å². The van der Waals surface area contributed by atoms with Crippen molar-refractivity contribution in [1.82, 2.24) is 4.68 Å².